The highest BCUT2D eigenvalue weighted by Gasteiger charge is 2.03. The average Bonchev–Trinajstić information content (AvgIpc) is 2.38. The lowest BCUT2D eigenvalue weighted by molar-refractivity contribution is 0.898. The van der Waals surface area contributed by atoms with Crippen molar-refractivity contribution in [2.24, 2.45) is 5.73 Å². The Hall–Kier alpha value is -1.39. The van der Waals surface area contributed by atoms with Crippen molar-refractivity contribution >= 4 is 11.8 Å². The van der Waals surface area contributed by atoms with E-state index in [1.807, 2.05) is 13.1 Å². The first-order valence-corrected chi connectivity index (χ1v) is 6.88. The second-order valence-electron chi connectivity index (χ2n) is 4.23. The van der Waals surface area contributed by atoms with Gasteiger partial charge in [0.15, 0.2) is 0 Å². The highest BCUT2D eigenvalue weighted by Crippen LogP contribution is 2.22. The van der Waals surface area contributed by atoms with Gasteiger partial charge in [-0.25, -0.2) is 9.97 Å². The molecule has 0 aliphatic heterocycles. The first-order chi connectivity index (χ1) is 8.69. The zero-order valence-electron chi connectivity index (χ0n) is 10.7. The summed E-state index contributed by atoms with van der Waals surface area (Å²) in [6.45, 7) is 4.55. The fourth-order valence-electron chi connectivity index (χ4n) is 1.65. The van der Waals surface area contributed by atoms with Crippen LogP contribution in [-0.2, 0) is 12.3 Å². The van der Waals surface area contributed by atoms with Gasteiger partial charge in [-0.05, 0) is 31.5 Å². The number of thioether (sulfide) groups is 1. The van der Waals surface area contributed by atoms with Gasteiger partial charge in [0.2, 0.25) is 0 Å². The van der Waals surface area contributed by atoms with Gasteiger partial charge in [-0.15, -0.1) is 11.8 Å². The summed E-state index contributed by atoms with van der Waals surface area (Å²) in [4.78, 5) is 10.1. The molecule has 94 valence electrons. The second kappa shape index (κ2) is 5.98. The van der Waals surface area contributed by atoms with E-state index in [1.165, 1.54) is 10.5 Å². The molecule has 0 saturated carbocycles. The molecule has 0 saturated heterocycles. The van der Waals surface area contributed by atoms with E-state index >= 15 is 0 Å². The van der Waals surface area contributed by atoms with Gasteiger partial charge in [-0.2, -0.15) is 0 Å². The molecule has 2 aromatic rings. The van der Waals surface area contributed by atoms with Crippen molar-refractivity contribution < 1.29 is 0 Å². The Morgan fingerprint density at radius 2 is 2.11 bits per heavy atom. The highest BCUT2D eigenvalue weighted by atomic mass is 32.2. The van der Waals surface area contributed by atoms with Crippen molar-refractivity contribution in [1.82, 2.24) is 9.97 Å². The Balaban J connectivity index is 2.06. The van der Waals surface area contributed by atoms with Gasteiger partial charge < -0.3 is 5.73 Å². The first kappa shape index (κ1) is 13.1. The molecule has 0 unspecified atom stereocenters. The quantitative estimate of drug-likeness (QED) is 0.858. The van der Waals surface area contributed by atoms with Crippen LogP contribution in [0.5, 0.6) is 0 Å². The van der Waals surface area contributed by atoms with Crippen molar-refractivity contribution in [2.45, 2.75) is 31.0 Å². The van der Waals surface area contributed by atoms with Crippen molar-refractivity contribution in [3.8, 4) is 0 Å². The molecule has 4 heteroatoms. The van der Waals surface area contributed by atoms with Crippen LogP contribution >= 0.6 is 11.8 Å². The molecule has 0 aliphatic carbocycles. The number of nitrogens with zero attached hydrogens (tertiary/aromatic N) is 2. The fraction of sp³-hybridized carbons (Fsp3) is 0.286. The summed E-state index contributed by atoms with van der Waals surface area (Å²) in [5.41, 5.74) is 8.91. The number of nitrogens with two attached hydrogens (primary N) is 1. The third-order valence-electron chi connectivity index (χ3n) is 2.68. The molecule has 0 fully saturated rings. The molecule has 0 aliphatic rings. The molecule has 3 nitrogen and oxygen atoms in total. The van der Waals surface area contributed by atoms with E-state index in [0.717, 1.165) is 22.8 Å². The highest BCUT2D eigenvalue weighted by molar-refractivity contribution is 7.98. The fourth-order valence-corrected chi connectivity index (χ4v) is 2.53. The zero-order chi connectivity index (χ0) is 13.0. The molecule has 1 aromatic carbocycles. The minimum atomic E-state index is 0.469. The maximum atomic E-state index is 5.65. The van der Waals surface area contributed by atoms with Crippen molar-refractivity contribution in [3.63, 3.8) is 0 Å². The van der Waals surface area contributed by atoms with Gasteiger partial charge in [-0.1, -0.05) is 17.7 Å². The number of rotatable bonds is 4. The van der Waals surface area contributed by atoms with E-state index in [9.17, 15) is 0 Å². The number of hydrogen-bond acceptors (Lipinski definition) is 4. The van der Waals surface area contributed by atoms with E-state index < -0.39 is 0 Å². The summed E-state index contributed by atoms with van der Waals surface area (Å²) in [5.74, 6) is 1.61. The van der Waals surface area contributed by atoms with Crippen LogP contribution in [0.1, 0.15) is 22.6 Å². The Morgan fingerprint density at radius 3 is 2.83 bits per heavy atom. The molecule has 0 radical (unpaired) electrons. The first-order valence-electron chi connectivity index (χ1n) is 5.90. The van der Waals surface area contributed by atoms with Crippen molar-refractivity contribution in [2.75, 3.05) is 0 Å². The average molecular weight is 259 g/mol. The summed E-state index contributed by atoms with van der Waals surface area (Å²) in [6, 6.07) is 8.44. The van der Waals surface area contributed by atoms with E-state index in [4.69, 9.17) is 5.73 Å². The van der Waals surface area contributed by atoms with Gasteiger partial charge in [0.1, 0.15) is 5.82 Å². The lowest BCUT2D eigenvalue weighted by Crippen LogP contribution is -2.06. The molecule has 1 aromatic heterocycles. The molecule has 0 amide bonds. The Kier molecular flexibility index (Phi) is 4.33. The molecule has 0 atom stereocenters. The molecular formula is C14H17N3S. The topological polar surface area (TPSA) is 51.8 Å². The van der Waals surface area contributed by atoms with Crippen LogP contribution in [0.15, 0.2) is 35.4 Å². The normalized spacial score (nSPS) is 10.6. The maximum absolute atomic E-state index is 5.65. The number of benzene rings is 1. The third kappa shape index (κ3) is 3.31. The van der Waals surface area contributed by atoms with Gasteiger partial charge in [-0.3, -0.25) is 0 Å². The van der Waals surface area contributed by atoms with E-state index in [0.29, 0.717) is 6.54 Å². The summed E-state index contributed by atoms with van der Waals surface area (Å²) >= 11 is 1.75. The molecule has 1 heterocycles. The maximum Gasteiger partial charge on any atom is 0.138 e. The molecule has 2 rings (SSSR count). The zero-order valence-corrected chi connectivity index (χ0v) is 11.5. The van der Waals surface area contributed by atoms with Crippen LogP contribution in [0.3, 0.4) is 0 Å². The largest absolute Gasteiger partial charge is 0.325 e. The van der Waals surface area contributed by atoms with E-state index in [2.05, 4.69) is 41.2 Å². The van der Waals surface area contributed by atoms with Crippen LogP contribution in [-0.4, -0.2) is 9.97 Å². The SMILES string of the molecule is Cc1cccc(SCc2ncc(C)c(CN)n2)c1. The Bertz CT molecular complexity index is 540. The summed E-state index contributed by atoms with van der Waals surface area (Å²) in [6.07, 6.45) is 1.85. The Morgan fingerprint density at radius 1 is 1.28 bits per heavy atom. The molecule has 18 heavy (non-hydrogen) atoms. The smallest absolute Gasteiger partial charge is 0.138 e. The van der Waals surface area contributed by atoms with Crippen LogP contribution < -0.4 is 5.73 Å². The predicted octanol–water partition coefficient (Wildman–Crippen LogP) is 2.84. The lowest BCUT2D eigenvalue weighted by Gasteiger charge is -2.05. The van der Waals surface area contributed by atoms with E-state index in [1.54, 1.807) is 11.8 Å². The Labute approximate surface area is 112 Å². The summed E-state index contributed by atoms with van der Waals surface area (Å²) < 4.78 is 0. The van der Waals surface area contributed by atoms with Crippen molar-refractivity contribution in [1.29, 1.82) is 0 Å². The predicted molar refractivity (Wildman–Crippen MR) is 75.4 cm³/mol. The van der Waals surface area contributed by atoms with Crippen LogP contribution in [0.4, 0.5) is 0 Å². The van der Waals surface area contributed by atoms with Gasteiger partial charge >= 0.3 is 0 Å². The monoisotopic (exact) mass is 259 g/mol. The van der Waals surface area contributed by atoms with Crippen LogP contribution in [0.25, 0.3) is 0 Å². The number of aromatic nitrogens is 2. The molecule has 2 N–H and O–H groups in total. The molecule has 0 spiro atoms. The summed E-state index contributed by atoms with van der Waals surface area (Å²) in [5, 5.41) is 0. The van der Waals surface area contributed by atoms with Crippen molar-refractivity contribution in [3.05, 3.63) is 53.1 Å². The van der Waals surface area contributed by atoms with Gasteiger partial charge in [0.25, 0.3) is 0 Å². The lowest BCUT2D eigenvalue weighted by atomic mass is 10.2. The second-order valence-corrected chi connectivity index (χ2v) is 5.27. The number of hydrogen-bond donors (Lipinski definition) is 1. The molecular weight excluding hydrogens is 242 g/mol. The van der Waals surface area contributed by atoms with Gasteiger partial charge in [0.05, 0.1) is 11.4 Å². The summed E-state index contributed by atoms with van der Waals surface area (Å²) in [7, 11) is 0. The molecule has 0 bridgehead atoms. The van der Waals surface area contributed by atoms with Gasteiger partial charge in [0, 0.05) is 17.6 Å². The van der Waals surface area contributed by atoms with Crippen LogP contribution in [0, 0.1) is 13.8 Å². The standard InChI is InChI=1S/C14H17N3S/c1-10-4-3-5-12(6-10)18-9-14-16-8-11(2)13(7-15)17-14/h3-6,8H,7,9,15H2,1-2H3. The van der Waals surface area contributed by atoms with E-state index in [-0.39, 0.29) is 0 Å². The van der Waals surface area contributed by atoms with Crippen LogP contribution in [0.2, 0.25) is 0 Å². The third-order valence-corrected chi connectivity index (χ3v) is 3.67. The minimum absolute atomic E-state index is 0.469. The number of aryl methyl sites for hydroxylation is 2. The minimum Gasteiger partial charge on any atom is -0.325 e.